The summed E-state index contributed by atoms with van der Waals surface area (Å²) in [6, 6.07) is 6.63. The van der Waals surface area contributed by atoms with E-state index in [4.69, 9.17) is 11.6 Å². The van der Waals surface area contributed by atoms with Gasteiger partial charge in [0.2, 0.25) is 0 Å². The molecule has 0 amide bonds. The van der Waals surface area contributed by atoms with Gasteiger partial charge < -0.3 is 0 Å². The van der Waals surface area contributed by atoms with Crippen LogP contribution in [0.2, 0.25) is 5.02 Å². The molecular formula is C20H21ClN6O2S. The molecule has 0 atom stereocenters. The molecule has 0 unspecified atom stereocenters. The molecule has 0 spiro atoms. The molecule has 0 aliphatic carbocycles. The maximum atomic E-state index is 13.5. The van der Waals surface area contributed by atoms with Gasteiger partial charge in [0.25, 0.3) is 10.0 Å². The van der Waals surface area contributed by atoms with Crippen molar-refractivity contribution in [1.82, 2.24) is 28.7 Å². The molecule has 3 aromatic heterocycles. The average molecular weight is 445 g/mol. The Labute approximate surface area is 179 Å². The smallest absolute Gasteiger partial charge is 0.275 e. The van der Waals surface area contributed by atoms with Crippen molar-refractivity contribution >= 4 is 21.6 Å². The summed E-state index contributed by atoms with van der Waals surface area (Å²) < 4.78 is 31.3. The van der Waals surface area contributed by atoms with Crippen molar-refractivity contribution < 1.29 is 8.42 Å². The Kier molecular flexibility index (Phi) is 4.82. The van der Waals surface area contributed by atoms with Crippen LogP contribution < -0.4 is 0 Å². The van der Waals surface area contributed by atoms with Crippen molar-refractivity contribution in [2.75, 3.05) is 0 Å². The van der Waals surface area contributed by atoms with E-state index in [0.29, 0.717) is 28.2 Å². The molecule has 10 heteroatoms. The number of halogens is 1. The predicted octanol–water partition coefficient (Wildman–Crippen LogP) is 3.50. The number of aromatic nitrogens is 6. The molecule has 8 nitrogen and oxygen atoms in total. The fourth-order valence-corrected chi connectivity index (χ4v) is 5.09. The van der Waals surface area contributed by atoms with Gasteiger partial charge in [-0.1, -0.05) is 29.3 Å². The number of aryl methyl sites for hydroxylation is 5. The first-order chi connectivity index (χ1) is 14.1. The van der Waals surface area contributed by atoms with Crippen molar-refractivity contribution in [3.63, 3.8) is 0 Å². The van der Waals surface area contributed by atoms with Gasteiger partial charge in [0.1, 0.15) is 11.4 Å². The molecular weight excluding hydrogens is 424 g/mol. The minimum absolute atomic E-state index is 0.129. The monoisotopic (exact) mass is 444 g/mol. The summed E-state index contributed by atoms with van der Waals surface area (Å²) in [6.07, 6.45) is 3.51. The van der Waals surface area contributed by atoms with Crippen LogP contribution in [0.4, 0.5) is 0 Å². The first kappa shape index (κ1) is 20.4. The van der Waals surface area contributed by atoms with Crippen molar-refractivity contribution in [3.05, 3.63) is 58.6 Å². The molecule has 3 heterocycles. The van der Waals surface area contributed by atoms with Crippen LogP contribution in [0.1, 0.15) is 17.0 Å². The molecule has 0 saturated heterocycles. The topological polar surface area (TPSA) is 87.6 Å². The second kappa shape index (κ2) is 7.10. The van der Waals surface area contributed by atoms with Gasteiger partial charge >= 0.3 is 0 Å². The van der Waals surface area contributed by atoms with Crippen molar-refractivity contribution in [3.8, 4) is 22.5 Å². The van der Waals surface area contributed by atoms with E-state index in [1.807, 2.05) is 13.8 Å². The van der Waals surface area contributed by atoms with E-state index in [-0.39, 0.29) is 15.6 Å². The van der Waals surface area contributed by atoms with Crippen LogP contribution in [-0.4, -0.2) is 37.2 Å². The SMILES string of the molecule is Cc1ccc(S(=O)(=O)n2nc(-c3cn(C)nc3C)c(Cl)c2-c2cn(C)nc2C)cc1. The van der Waals surface area contributed by atoms with E-state index in [1.54, 1.807) is 67.0 Å². The van der Waals surface area contributed by atoms with Crippen molar-refractivity contribution in [1.29, 1.82) is 0 Å². The highest BCUT2D eigenvalue weighted by Crippen LogP contribution is 2.39. The maximum Gasteiger partial charge on any atom is 0.283 e. The number of nitrogens with zero attached hydrogens (tertiary/aromatic N) is 6. The summed E-state index contributed by atoms with van der Waals surface area (Å²) in [5.41, 5.74) is 4.21. The highest BCUT2D eigenvalue weighted by atomic mass is 35.5. The summed E-state index contributed by atoms with van der Waals surface area (Å²) in [6.45, 7) is 5.53. The van der Waals surface area contributed by atoms with Crippen LogP contribution in [0.3, 0.4) is 0 Å². The number of benzene rings is 1. The lowest BCUT2D eigenvalue weighted by molar-refractivity contribution is 0.581. The van der Waals surface area contributed by atoms with Gasteiger partial charge in [0.05, 0.1) is 21.3 Å². The Hall–Kier alpha value is -2.91. The van der Waals surface area contributed by atoms with Crippen LogP contribution in [0.5, 0.6) is 0 Å². The normalized spacial score (nSPS) is 11.9. The van der Waals surface area contributed by atoms with E-state index in [2.05, 4.69) is 15.3 Å². The Morgan fingerprint density at radius 2 is 1.37 bits per heavy atom. The quantitative estimate of drug-likeness (QED) is 0.480. The molecule has 4 aromatic rings. The van der Waals surface area contributed by atoms with Crippen LogP contribution in [0.15, 0.2) is 41.6 Å². The van der Waals surface area contributed by atoms with Gasteiger partial charge in [-0.3, -0.25) is 9.36 Å². The molecule has 4 rings (SSSR count). The van der Waals surface area contributed by atoms with Gasteiger partial charge in [0, 0.05) is 37.6 Å². The summed E-state index contributed by atoms with van der Waals surface area (Å²) in [7, 11) is -0.443. The van der Waals surface area contributed by atoms with Gasteiger partial charge in [-0.25, -0.2) is 0 Å². The molecule has 1 aromatic carbocycles. The van der Waals surface area contributed by atoms with E-state index in [1.165, 1.54) is 0 Å². The average Bonchev–Trinajstić information content (AvgIpc) is 3.29. The predicted molar refractivity (Wildman–Crippen MR) is 115 cm³/mol. The standard InChI is InChI=1S/C20H21ClN6O2S/c1-12-6-8-15(9-7-12)30(28,29)27-20(17-11-26(5)23-14(17)3)18(21)19(24-27)16-10-25(4)22-13(16)2/h6-11H,1-5H3. The number of hydrogen-bond acceptors (Lipinski definition) is 5. The van der Waals surface area contributed by atoms with E-state index in [9.17, 15) is 8.42 Å². The first-order valence-corrected chi connectivity index (χ1v) is 11.0. The van der Waals surface area contributed by atoms with Gasteiger partial charge in [-0.15, -0.1) is 0 Å². The number of hydrogen-bond donors (Lipinski definition) is 0. The summed E-state index contributed by atoms with van der Waals surface area (Å²) in [4.78, 5) is 0.129. The van der Waals surface area contributed by atoms with Gasteiger partial charge in [-0.05, 0) is 32.9 Å². The number of rotatable bonds is 4. The minimum Gasteiger partial charge on any atom is -0.275 e. The van der Waals surface area contributed by atoms with Crippen molar-refractivity contribution in [2.45, 2.75) is 25.7 Å². The molecule has 0 saturated carbocycles. The lowest BCUT2D eigenvalue weighted by atomic mass is 10.1. The molecule has 30 heavy (non-hydrogen) atoms. The lowest BCUT2D eigenvalue weighted by Gasteiger charge is -2.09. The second-order valence-corrected chi connectivity index (χ2v) is 9.42. The molecule has 0 radical (unpaired) electrons. The highest BCUT2D eigenvalue weighted by molar-refractivity contribution is 7.90. The summed E-state index contributed by atoms with van der Waals surface area (Å²) >= 11 is 6.76. The molecule has 0 fully saturated rings. The first-order valence-electron chi connectivity index (χ1n) is 9.21. The van der Waals surface area contributed by atoms with Gasteiger partial charge in [-0.2, -0.15) is 27.8 Å². The van der Waals surface area contributed by atoms with Crippen molar-refractivity contribution in [2.24, 2.45) is 14.1 Å². The zero-order valence-corrected chi connectivity index (χ0v) is 18.8. The Morgan fingerprint density at radius 1 is 0.833 bits per heavy atom. The van der Waals surface area contributed by atoms with Gasteiger partial charge in [0.15, 0.2) is 0 Å². The molecule has 0 aliphatic heterocycles. The maximum absolute atomic E-state index is 13.5. The minimum atomic E-state index is -4.00. The Balaban J connectivity index is 2.04. The molecule has 0 aliphatic rings. The largest absolute Gasteiger partial charge is 0.283 e. The zero-order chi connectivity index (χ0) is 21.8. The molecule has 0 bridgehead atoms. The summed E-state index contributed by atoms with van der Waals surface area (Å²) in [5.74, 6) is 0. The fraction of sp³-hybridized carbons (Fsp3) is 0.250. The van der Waals surface area contributed by atoms with E-state index >= 15 is 0 Å². The van der Waals surface area contributed by atoms with Crippen LogP contribution in [-0.2, 0) is 24.1 Å². The summed E-state index contributed by atoms with van der Waals surface area (Å²) in [5, 5.41) is 13.4. The third kappa shape index (κ3) is 3.23. The fourth-order valence-electron chi connectivity index (χ4n) is 3.42. The Bertz CT molecular complexity index is 1360. The molecule has 156 valence electrons. The zero-order valence-electron chi connectivity index (χ0n) is 17.3. The van der Waals surface area contributed by atoms with Crippen LogP contribution in [0.25, 0.3) is 22.5 Å². The third-order valence-electron chi connectivity index (χ3n) is 4.88. The lowest BCUT2D eigenvalue weighted by Crippen LogP contribution is -2.16. The van der Waals surface area contributed by atoms with Crippen LogP contribution in [0, 0.1) is 20.8 Å². The van der Waals surface area contributed by atoms with Crippen LogP contribution >= 0.6 is 11.6 Å². The highest BCUT2D eigenvalue weighted by Gasteiger charge is 2.30. The molecule has 0 N–H and O–H groups in total. The van der Waals surface area contributed by atoms with E-state index in [0.717, 1.165) is 9.65 Å². The second-order valence-electron chi connectivity index (χ2n) is 7.28. The Morgan fingerprint density at radius 3 is 1.87 bits per heavy atom. The van der Waals surface area contributed by atoms with E-state index < -0.39 is 10.0 Å². The third-order valence-corrected chi connectivity index (χ3v) is 6.83.